The summed E-state index contributed by atoms with van der Waals surface area (Å²) in [5, 5.41) is 0. The summed E-state index contributed by atoms with van der Waals surface area (Å²) in [6.07, 6.45) is 0. The van der Waals surface area contributed by atoms with E-state index in [0.717, 1.165) is 0 Å². The molecular weight excluding hydrogens is 166 g/mol. The van der Waals surface area contributed by atoms with Crippen LogP contribution in [0.15, 0.2) is 0 Å². The van der Waals surface area contributed by atoms with Crippen LogP contribution in [-0.4, -0.2) is 18.0 Å². The molecular formula is C4H9N5O3. The number of urea groups is 2. The number of nitrogens with two attached hydrogens (primary N) is 1. The Morgan fingerprint density at radius 1 is 1.00 bits per heavy atom. The summed E-state index contributed by atoms with van der Waals surface area (Å²) in [7, 11) is 0. The van der Waals surface area contributed by atoms with Crippen LogP contribution in [0.1, 0.15) is 6.92 Å². The van der Waals surface area contributed by atoms with Crippen molar-refractivity contribution < 1.29 is 14.4 Å². The Morgan fingerprint density at radius 2 is 1.50 bits per heavy atom. The van der Waals surface area contributed by atoms with Gasteiger partial charge in [-0.05, 0) is 0 Å². The van der Waals surface area contributed by atoms with Crippen molar-refractivity contribution in [1.29, 1.82) is 0 Å². The Kier molecular flexibility index (Phi) is 3.98. The topological polar surface area (TPSA) is 125 Å². The molecule has 0 aromatic carbocycles. The maximum Gasteiger partial charge on any atom is 0.352 e. The molecule has 0 atom stereocenters. The van der Waals surface area contributed by atoms with Gasteiger partial charge in [0, 0.05) is 6.92 Å². The summed E-state index contributed by atoms with van der Waals surface area (Å²) < 4.78 is 0. The second-order valence-corrected chi connectivity index (χ2v) is 1.75. The molecule has 0 saturated heterocycles. The molecule has 6 N–H and O–H groups in total. The average Bonchev–Trinajstić information content (AvgIpc) is 1.96. The number of carbonyl (C=O) groups excluding carboxylic acids is 3. The molecule has 0 aromatic rings. The van der Waals surface area contributed by atoms with Crippen LogP contribution in [0, 0.1) is 0 Å². The van der Waals surface area contributed by atoms with Crippen molar-refractivity contribution >= 4 is 18.0 Å². The molecule has 5 amide bonds. The van der Waals surface area contributed by atoms with Gasteiger partial charge in [0.2, 0.25) is 5.91 Å². The second-order valence-electron chi connectivity index (χ2n) is 1.75. The van der Waals surface area contributed by atoms with Crippen LogP contribution >= 0.6 is 0 Å². The van der Waals surface area contributed by atoms with Crippen LogP contribution in [-0.2, 0) is 4.79 Å². The Bertz CT molecular complexity index is 183. The zero-order chi connectivity index (χ0) is 9.56. The van der Waals surface area contributed by atoms with Crippen molar-refractivity contribution in [1.82, 2.24) is 21.7 Å². The zero-order valence-electron chi connectivity index (χ0n) is 6.30. The highest BCUT2D eigenvalue weighted by Gasteiger charge is 1.99. The first kappa shape index (κ1) is 10.0. The SMILES string of the molecule is CC(=O)NNC(=O)NNC(N)=O. The molecule has 0 aliphatic carbocycles. The van der Waals surface area contributed by atoms with E-state index in [1.807, 2.05) is 16.3 Å². The smallest absolute Gasteiger partial charge is 0.350 e. The van der Waals surface area contributed by atoms with E-state index in [-0.39, 0.29) is 0 Å². The molecule has 68 valence electrons. The van der Waals surface area contributed by atoms with E-state index in [1.54, 1.807) is 5.43 Å². The third-order valence-electron chi connectivity index (χ3n) is 0.651. The summed E-state index contributed by atoms with van der Waals surface area (Å²) in [5.41, 5.74) is 12.2. The van der Waals surface area contributed by atoms with Gasteiger partial charge in [0.25, 0.3) is 0 Å². The van der Waals surface area contributed by atoms with Crippen LogP contribution in [0.4, 0.5) is 9.59 Å². The number of hydrazine groups is 2. The van der Waals surface area contributed by atoms with Crippen molar-refractivity contribution in [3.63, 3.8) is 0 Å². The van der Waals surface area contributed by atoms with Gasteiger partial charge in [0.05, 0.1) is 0 Å². The van der Waals surface area contributed by atoms with E-state index in [2.05, 4.69) is 5.73 Å². The zero-order valence-corrected chi connectivity index (χ0v) is 6.30. The summed E-state index contributed by atoms with van der Waals surface area (Å²) >= 11 is 0. The minimum Gasteiger partial charge on any atom is -0.350 e. The number of amides is 5. The van der Waals surface area contributed by atoms with Gasteiger partial charge in [-0.1, -0.05) is 0 Å². The predicted octanol–water partition coefficient (Wildman–Crippen LogP) is -2.08. The second kappa shape index (κ2) is 4.77. The Labute approximate surface area is 67.8 Å². The number of primary amides is 1. The molecule has 0 aliphatic heterocycles. The lowest BCUT2D eigenvalue weighted by molar-refractivity contribution is -0.119. The molecule has 8 heteroatoms. The first-order valence-electron chi connectivity index (χ1n) is 2.90. The predicted molar refractivity (Wildman–Crippen MR) is 38.2 cm³/mol. The lowest BCUT2D eigenvalue weighted by Crippen LogP contribution is -2.53. The van der Waals surface area contributed by atoms with E-state index < -0.39 is 18.0 Å². The van der Waals surface area contributed by atoms with Gasteiger partial charge in [-0.15, -0.1) is 0 Å². The van der Waals surface area contributed by atoms with Crippen molar-refractivity contribution in [3.8, 4) is 0 Å². The highest BCUT2D eigenvalue weighted by atomic mass is 16.2. The Balaban J connectivity index is 3.47. The van der Waals surface area contributed by atoms with E-state index in [1.165, 1.54) is 6.92 Å². The fraction of sp³-hybridized carbons (Fsp3) is 0.250. The number of carbonyl (C=O) groups is 3. The van der Waals surface area contributed by atoms with Crippen molar-refractivity contribution in [2.24, 2.45) is 5.73 Å². The molecule has 0 saturated carbocycles. The van der Waals surface area contributed by atoms with Gasteiger partial charge < -0.3 is 5.73 Å². The van der Waals surface area contributed by atoms with Crippen LogP contribution in [0.3, 0.4) is 0 Å². The third kappa shape index (κ3) is 6.13. The normalized spacial score (nSPS) is 8.08. The maximum atomic E-state index is 10.5. The monoisotopic (exact) mass is 175 g/mol. The minimum absolute atomic E-state index is 0.441. The minimum atomic E-state index is -0.909. The molecule has 0 fully saturated rings. The van der Waals surface area contributed by atoms with Crippen LogP contribution in [0.25, 0.3) is 0 Å². The molecule has 0 spiro atoms. The fourth-order valence-corrected chi connectivity index (χ4v) is 0.294. The fourth-order valence-electron chi connectivity index (χ4n) is 0.294. The van der Waals surface area contributed by atoms with Crippen LogP contribution in [0.5, 0.6) is 0 Å². The largest absolute Gasteiger partial charge is 0.352 e. The summed E-state index contributed by atoms with van der Waals surface area (Å²) in [6.45, 7) is 1.21. The molecule has 0 unspecified atom stereocenters. The summed E-state index contributed by atoms with van der Waals surface area (Å²) in [6, 6.07) is -1.71. The lowest BCUT2D eigenvalue weighted by Gasteiger charge is -2.06. The van der Waals surface area contributed by atoms with Gasteiger partial charge in [-0.25, -0.2) is 25.9 Å². The van der Waals surface area contributed by atoms with E-state index in [4.69, 9.17) is 0 Å². The highest BCUT2D eigenvalue weighted by Crippen LogP contribution is 1.58. The van der Waals surface area contributed by atoms with Crippen molar-refractivity contribution in [2.75, 3.05) is 0 Å². The number of nitrogens with one attached hydrogen (secondary N) is 4. The Hall–Kier alpha value is -1.99. The highest BCUT2D eigenvalue weighted by molar-refractivity contribution is 5.81. The number of rotatable bonds is 0. The first-order valence-corrected chi connectivity index (χ1v) is 2.90. The van der Waals surface area contributed by atoms with E-state index in [0.29, 0.717) is 0 Å². The summed E-state index contributed by atoms with van der Waals surface area (Å²) in [4.78, 5) is 30.8. The van der Waals surface area contributed by atoms with Crippen LogP contribution in [0.2, 0.25) is 0 Å². The molecule has 0 radical (unpaired) electrons. The Morgan fingerprint density at radius 3 is 1.92 bits per heavy atom. The lowest BCUT2D eigenvalue weighted by atomic mass is 10.8. The van der Waals surface area contributed by atoms with E-state index in [9.17, 15) is 14.4 Å². The molecule has 0 heterocycles. The van der Waals surface area contributed by atoms with Gasteiger partial charge in [0.1, 0.15) is 0 Å². The first-order chi connectivity index (χ1) is 5.52. The van der Waals surface area contributed by atoms with Gasteiger partial charge in [-0.2, -0.15) is 0 Å². The molecule has 0 aliphatic rings. The standard InChI is InChI=1S/C4H9N5O3/c1-2(10)6-8-4(12)9-7-3(5)11/h1H3,(H,6,10)(H3,5,7,11)(H2,8,9,12). The molecule has 0 aromatic heterocycles. The van der Waals surface area contributed by atoms with Gasteiger partial charge in [-0.3, -0.25) is 10.2 Å². The number of hydrogen-bond acceptors (Lipinski definition) is 3. The van der Waals surface area contributed by atoms with Crippen LogP contribution < -0.4 is 27.4 Å². The van der Waals surface area contributed by atoms with Crippen molar-refractivity contribution in [3.05, 3.63) is 0 Å². The quantitative estimate of drug-likeness (QED) is 0.271. The molecule has 0 rings (SSSR count). The molecule has 8 nitrogen and oxygen atoms in total. The van der Waals surface area contributed by atoms with Gasteiger partial charge in [0.15, 0.2) is 0 Å². The molecule has 0 bridgehead atoms. The summed E-state index contributed by atoms with van der Waals surface area (Å²) in [5.74, 6) is -0.441. The van der Waals surface area contributed by atoms with E-state index >= 15 is 0 Å². The average molecular weight is 175 g/mol. The third-order valence-corrected chi connectivity index (χ3v) is 0.651. The molecule has 12 heavy (non-hydrogen) atoms. The van der Waals surface area contributed by atoms with Gasteiger partial charge >= 0.3 is 12.1 Å². The van der Waals surface area contributed by atoms with Crippen molar-refractivity contribution in [2.45, 2.75) is 6.92 Å². The number of hydrogen-bond donors (Lipinski definition) is 5. The maximum absolute atomic E-state index is 10.5.